The maximum Gasteiger partial charge on any atom is 0.0135 e. The molecule has 0 spiro atoms. The summed E-state index contributed by atoms with van der Waals surface area (Å²) in [6, 6.07) is 11.2. The van der Waals surface area contributed by atoms with Crippen molar-refractivity contribution in [1.29, 1.82) is 0 Å². The number of benzene rings is 1. The zero-order chi connectivity index (χ0) is 13.0. The molecule has 102 valence electrons. The van der Waals surface area contributed by atoms with Crippen LogP contribution in [0.4, 0.5) is 0 Å². The molecular formula is C18H25N. The molecule has 0 radical (unpaired) electrons. The monoisotopic (exact) mass is 255 g/mol. The molecule has 3 saturated heterocycles. The van der Waals surface area contributed by atoms with Crippen LogP contribution in [0.1, 0.15) is 49.7 Å². The van der Waals surface area contributed by atoms with Crippen molar-refractivity contribution >= 4 is 0 Å². The van der Waals surface area contributed by atoms with Crippen LogP contribution in [0.15, 0.2) is 24.3 Å². The van der Waals surface area contributed by atoms with E-state index in [9.17, 15) is 0 Å². The summed E-state index contributed by atoms with van der Waals surface area (Å²) in [5.74, 6) is 2.73. The molecule has 0 aromatic heterocycles. The van der Waals surface area contributed by atoms with Gasteiger partial charge >= 0.3 is 0 Å². The van der Waals surface area contributed by atoms with Crippen molar-refractivity contribution < 1.29 is 0 Å². The Bertz CT molecular complexity index is 463. The van der Waals surface area contributed by atoms with Gasteiger partial charge in [-0.15, -0.1) is 0 Å². The second-order valence-corrected chi connectivity index (χ2v) is 6.98. The van der Waals surface area contributed by atoms with Crippen molar-refractivity contribution in [1.82, 2.24) is 4.90 Å². The fourth-order valence-corrected chi connectivity index (χ4v) is 5.28. The topological polar surface area (TPSA) is 3.24 Å². The standard InChI is InChI=1S/C18H25N/c1-3-15-16(13-6-4-12(2)5-7-13)11-17-14-8-9-19(17)18(15)10-14/h4-7,14-18H,3,8-11H2,1-2H3/t14-,15-,16-,17-,18+/m0/s1. The quantitative estimate of drug-likeness (QED) is 0.773. The van der Waals surface area contributed by atoms with E-state index in [1.54, 1.807) is 5.56 Å². The summed E-state index contributed by atoms with van der Waals surface area (Å²) in [5.41, 5.74) is 2.99. The van der Waals surface area contributed by atoms with Crippen molar-refractivity contribution in [3.63, 3.8) is 0 Å². The average Bonchev–Trinajstić information content (AvgIpc) is 2.93. The van der Waals surface area contributed by atoms with E-state index in [2.05, 4.69) is 43.0 Å². The van der Waals surface area contributed by atoms with Crippen LogP contribution in [0.3, 0.4) is 0 Å². The summed E-state index contributed by atoms with van der Waals surface area (Å²) in [7, 11) is 0. The average molecular weight is 255 g/mol. The second-order valence-electron chi connectivity index (χ2n) is 6.98. The molecule has 3 aliphatic heterocycles. The lowest BCUT2D eigenvalue weighted by atomic mass is 9.75. The summed E-state index contributed by atoms with van der Waals surface area (Å²) < 4.78 is 0. The fourth-order valence-electron chi connectivity index (χ4n) is 5.28. The first-order valence-electron chi connectivity index (χ1n) is 8.10. The Morgan fingerprint density at radius 2 is 1.89 bits per heavy atom. The molecule has 1 unspecified atom stereocenters. The third kappa shape index (κ3) is 1.71. The van der Waals surface area contributed by atoms with Crippen LogP contribution < -0.4 is 0 Å². The number of hydrogen-bond acceptors (Lipinski definition) is 1. The van der Waals surface area contributed by atoms with Gasteiger partial charge in [0.05, 0.1) is 0 Å². The molecule has 19 heavy (non-hydrogen) atoms. The van der Waals surface area contributed by atoms with Crippen LogP contribution in [0.2, 0.25) is 0 Å². The molecule has 0 saturated carbocycles. The van der Waals surface area contributed by atoms with Gasteiger partial charge in [-0.25, -0.2) is 0 Å². The van der Waals surface area contributed by atoms with E-state index in [4.69, 9.17) is 0 Å². The predicted molar refractivity (Wildman–Crippen MR) is 79.3 cm³/mol. The molecule has 1 nitrogen and oxygen atoms in total. The van der Waals surface area contributed by atoms with E-state index in [1.807, 2.05) is 0 Å². The van der Waals surface area contributed by atoms with Crippen LogP contribution in [0, 0.1) is 18.8 Å². The van der Waals surface area contributed by atoms with Crippen molar-refractivity contribution in [2.24, 2.45) is 11.8 Å². The van der Waals surface area contributed by atoms with Gasteiger partial charge in [0.1, 0.15) is 0 Å². The minimum atomic E-state index is 0.819. The normalized spacial score (nSPS) is 43.7. The molecule has 0 aliphatic carbocycles. The Hall–Kier alpha value is -0.820. The zero-order valence-electron chi connectivity index (χ0n) is 12.2. The summed E-state index contributed by atoms with van der Waals surface area (Å²) in [6.45, 7) is 5.98. The van der Waals surface area contributed by atoms with E-state index in [0.717, 1.165) is 29.8 Å². The highest BCUT2D eigenvalue weighted by Crippen LogP contribution is 2.54. The number of rotatable bonds is 2. The Labute approximate surface area is 117 Å². The number of piperidine rings is 2. The molecule has 1 aromatic carbocycles. The van der Waals surface area contributed by atoms with E-state index in [-0.39, 0.29) is 0 Å². The molecule has 1 aromatic rings. The number of aryl methyl sites for hydroxylation is 1. The molecule has 3 aliphatic rings. The van der Waals surface area contributed by atoms with Crippen molar-refractivity contribution in [3.05, 3.63) is 35.4 Å². The van der Waals surface area contributed by atoms with Crippen LogP contribution in [-0.2, 0) is 0 Å². The lowest BCUT2D eigenvalue weighted by Crippen LogP contribution is -2.46. The van der Waals surface area contributed by atoms with Crippen LogP contribution >= 0.6 is 0 Å². The summed E-state index contributed by atoms with van der Waals surface area (Å²) in [5, 5.41) is 0. The molecule has 4 bridgehead atoms. The summed E-state index contributed by atoms with van der Waals surface area (Å²) in [4.78, 5) is 2.86. The van der Waals surface area contributed by atoms with E-state index < -0.39 is 0 Å². The molecular weight excluding hydrogens is 230 g/mol. The van der Waals surface area contributed by atoms with Gasteiger partial charge in [-0.1, -0.05) is 43.2 Å². The molecule has 0 amide bonds. The Balaban J connectivity index is 1.67. The maximum absolute atomic E-state index is 2.86. The van der Waals surface area contributed by atoms with Gasteiger partial charge in [0, 0.05) is 12.1 Å². The molecule has 4 rings (SSSR count). The first kappa shape index (κ1) is 12.0. The van der Waals surface area contributed by atoms with E-state index >= 15 is 0 Å². The van der Waals surface area contributed by atoms with Gasteiger partial charge in [-0.2, -0.15) is 0 Å². The Morgan fingerprint density at radius 1 is 1.11 bits per heavy atom. The Morgan fingerprint density at radius 3 is 2.63 bits per heavy atom. The SMILES string of the molecule is CC[C@@H]1[C@H]2C[C@@H]3CCN2[C@H]3C[C@H]1c1ccc(C)cc1. The van der Waals surface area contributed by atoms with Crippen molar-refractivity contribution in [3.8, 4) is 0 Å². The lowest BCUT2D eigenvalue weighted by molar-refractivity contribution is 0.0871. The van der Waals surface area contributed by atoms with Gasteiger partial charge in [-0.05, 0) is 56.0 Å². The van der Waals surface area contributed by atoms with Crippen molar-refractivity contribution in [2.75, 3.05) is 6.54 Å². The van der Waals surface area contributed by atoms with Crippen LogP contribution in [-0.4, -0.2) is 23.5 Å². The minimum absolute atomic E-state index is 0.819. The van der Waals surface area contributed by atoms with Crippen molar-refractivity contribution in [2.45, 2.75) is 57.5 Å². The molecule has 6 atom stereocenters. The predicted octanol–water partition coefficient (Wildman–Crippen LogP) is 3.97. The second kappa shape index (κ2) is 4.34. The van der Waals surface area contributed by atoms with Crippen LogP contribution in [0.25, 0.3) is 0 Å². The van der Waals surface area contributed by atoms with Gasteiger partial charge in [-0.3, -0.25) is 4.90 Å². The minimum Gasteiger partial charge on any atom is -0.297 e. The van der Waals surface area contributed by atoms with Gasteiger partial charge < -0.3 is 0 Å². The largest absolute Gasteiger partial charge is 0.297 e. The first-order chi connectivity index (χ1) is 9.28. The van der Waals surface area contributed by atoms with Gasteiger partial charge in [0.15, 0.2) is 0 Å². The van der Waals surface area contributed by atoms with Crippen LogP contribution in [0.5, 0.6) is 0 Å². The maximum atomic E-state index is 2.86. The van der Waals surface area contributed by atoms with Gasteiger partial charge in [0.2, 0.25) is 0 Å². The van der Waals surface area contributed by atoms with E-state index in [1.165, 1.54) is 37.8 Å². The van der Waals surface area contributed by atoms with Gasteiger partial charge in [0.25, 0.3) is 0 Å². The lowest BCUT2D eigenvalue weighted by Gasteiger charge is -2.43. The molecule has 3 fully saturated rings. The highest BCUT2D eigenvalue weighted by atomic mass is 15.3. The highest BCUT2D eigenvalue weighted by Gasteiger charge is 2.54. The molecule has 3 heterocycles. The zero-order valence-corrected chi connectivity index (χ0v) is 12.2. The molecule has 1 heteroatoms. The van der Waals surface area contributed by atoms with E-state index in [0.29, 0.717) is 0 Å². The first-order valence-corrected chi connectivity index (χ1v) is 8.10. The smallest absolute Gasteiger partial charge is 0.0135 e. The Kier molecular flexibility index (Phi) is 2.73. The fraction of sp³-hybridized carbons (Fsp3) is 0.667. The number of nitrogens with zero attached hydrogens (tertiary/aromatic N) is 1. The number of hydrogen-bond donors (Lipinski definition) is 0. The summed E-state index contributed by atoms with van der Waals surface area (Å²) in [6.07, 6.45) is 5.73. The molecule has 0 N–H and O–H groups in total. The third-order valence-corrected chi connectivity index (χ3v) is 6.18. The highest BCUT2D eigenvalue weighted by molar-refractivity contribution is 5.28. The summed E-state index contributed by atoms with van der Waals surface area (Å²) >= 11 is 0. The third-order valence-electron chi connectivity index (χ3n) is 6.18.